The average Bonchev–Trinajstić information content (AvgIpc) is 2.54. The van der Waals surface area contributed by atoms with E-state index in [4.69, 9.17) is 5.73 Å². The Bertz CT molecular complexity index is 534. The summed E-state index contributed by atoms with van der Waals surface area (Å²) in [7, 11) is 4.45. The lowest BCUT2D eigenvalue weighted by Gasteiger charge is -2.45. The van der Waals surface area contributed by atoms with Crippen molar-refractivity contribution in [3.05, 3.63) is 34.9 Å². The third-order valence-corrected chi connectivity index (χ3v) is 5.69. The molecular weight excluding hydrogens is 284 g/mol. The van der Waals surface area contributed by atoms with E-state index >= 15 is 0 Å². The first-order chi connectivity index (χ1) is 11.0. The van der Waals surface area contributed by atoms with Gasteiger partial charge < -0.3 is 10.6 Å². The van der Waals surface area contributed by atoms with E-state index in [0.717, 1.165) is 19.6 Å². The topological polar surface area (TPSA) is 35.7 Å². The summed E-state index contributed by atoms with van der Waals surface area (Å²) in [5.41, 5.74) is 10.5. The molecule has 1 aromatic carbocycles. The lowest BCUT2D eigenvalue weighted by molar-refractivity contribution is 0.0700. The Balaban J connectivity index is 1.95. The first kappa shape index (κ1) is 16.9. The Labute approximate surface area is 141 Å². The molecule has 23 heavy (non-hydrogen) atoms. The predicted octanol–water partition coefficient (Wildman–Crippen LogP) is 2.04. The van der Waals surface area contributed by atoms with Crippen molar-refractivity contribution >= 4 is 0 Å². The Morgan fingerprint density at radius 1 is 1.09 bits per heavy atom. The fraction of sp³-hybridized carbons (Fsp3) is 0.684. The van der Waals surface area contributed by atoms with E-state index < -0.39 is 0 Å². The highest BCUT2D eigenvalue weighted by atomic mass is 15.3. The van der Waals surface area contributed by atoms with E-state index in [1.54, 1.807) is 0 Å². The summed E-state index contributed by atoms with van der Waals surface area (Å²) in [6.45, 7) is 11.0. The summed E-state index contributed by atoms with van der Waals surface area (Å²) < 4.78 is 0. The normalized spacial score (nSPS) is 27.4. The number of benzene rings is 1. The highest BCUT2D eigenvalue weighted by Crippen LogP contribution is 2.38. The van der Waals surface area contributed by atoms with Crippen molar-refractivity contribution in [1.29, 1.82) is 0 Å². The Kier molecular flexibility index (Phi) is 5.07. The molecule has 2 aliphatic heterocycles. The van der Waals surface area contributed by atoms with Gasteiger partial charge in [-0.3, -0.25) is 9.80 Å². The van der Waals surface area contributed by atoms with Gasteiger partial charge in [0.15, 0.2) is 0 Å². The van der Waals surface area contributed by atoms with Crippen molar-refractivity contribution in [2.45, 2.75) is 31.8 Å². The van der Waals surface area contributed by atoms with E-state index in [-0.39, 0.29) is 0 Å². The molecule has 0 aromatic heterocycles. The lowest BCUT2D eigenvalue weighted by atomic mass is 9.85. The standard InChI is InChI=1S/C19H32N4/c1-14(2)15-5-6-16-17(11-15)18(12-20)22(4)13-19(16)23-9-7-21(3)8-10-23/h5-6,11,14,18-19H,7-10,12-13,20H2,1-4H3. The highest BCUT2D eigenvalue weighted by Gasteiger charge is 2.34. The first-order valence-electron chi connectivity index (χ1n) is 8.98. The molecule has 2 heterocycles. The van der Waals surface area contributed by atoms with Crippen LogP contribution >= 0.6 is 0 Å². The van der Waals surface area contributed by atoms with E-state index in [1.165, 1.54) is 29.8 Å². The molecule has 2 N–H and O–H groups in total. The van der Waals surface area contributed by atoms with Crippen LogP contribution in [0.15, 0.2) is 18.2 Å². The summed E-state index contributed by atoms with van der Waals surface area (Å²) in [5, 5.41) is 0. The zero-order chi connectivity index (χ0) is 16.6. The van der Waals surface area contributed by atoms with E-state index in [0.29, 0.717) is 24.5 Å². The molecular formula is C19H32N4. The first-order valence-corrected chi connectivity index (χ1v) is 8.98. The van der Waals surface area contributed by atoms with Gasteiger partial charge in [0.25, 0.3) is 0 Å². The van der Waals surface area contributed by atoms with Crippen LogP contribution in [0.3, 0.4) is 0 Å². The Hall–Kier alpha value is -0.940. The monoisotopic (exact) mass is 316 g/mol. The second-order valence-corrected chi connectivity index (χ2v) is 7.59. The summed E-state index contributed by atoms with van der Waals surface area (Å²) in [6.07, 6.45) is 0. The van der Waals surface area contributed by atoms with Crippen LogP contribution in [0.1, 0.15) is 48.5 Å². The van der Waals surface area contributed by atoms with Crippen LogP contribution in [0.5, 0.6) is 0 Å². The van der Waals surface area contributed by atoms with Gasteiger partial charge in [-0.05, 0) is 36.7 Å². The van der Waals surface area contributed by atoms with Gasteiger partial charge in [-0.25, -0.2) is 0 Å². The molecule has 0 bridgehead atoms. The van der Waals surface area contributed by atoms with E-state index in [1.807, 2.05) is 0 Å². The number of piperazine rings is 1. The molecule has 2 aliphatic rings. The van der Waals surface area contributed by atoms with Gasteiger partial charge in [0.05, 0.1) is 0 Å². The summed E-state index contributed by atoms with van der Waals surface area (Å²) in [6, 6.07) is 7.98. The number of rotatable bonds is 3. The summed E-state index contributed by atoms with van der Waals surface area (Å²) >= 11 is 0. The molecule has 4 nitrogen and oxygen atoms in total. The second kappa shape index (κ2) is 6.89. The minimum Gasteiger partial charge on any atom is -0.329 e. The van der Waals surface area contributed by atoms with Crippen LogP contribution < -0.4 is 5.73 Å². The molecule has 1 saturated heterocycles. The molecule has 2 unspecified atom stereocenters. The number of fused-ring (bicyclic) bond motifs is 1. The molecule has 0 amide bonds. The second-order valence-electron chi connectivity index (χ2n) is 7.59. The average molecular weight is 316 g/mol. The van der Waals surface area contributed by atoms with Gasteiger partial charge in [0, 0.05) is 51.4 Å². The Morgan fingerprint density at radius 3 is 2.39 bits per heavy atom. The van der Waals surface area contributed by atoms with Crippen LogP contribution in [0, 0.1) is 0 Å². The smallest absolute Gasteiger partial charge is 0.0479 e. The summed E-state index contributed by atoms with van der Waals surface area (Å²) in [4.78, 5) is 7.54. The van der Waals surface area contributed by atoms with Crippen molar-refractivity contribution in [3.63, 3.8) is 0 Å². The van der Waals surface area contributed by atoms with Gasteiger partial charge in [-0.1, -0.05) is 32.0 Å². The van der Waals surface area contributed by atoms with Gasteiger partial charge in [-0.15, -0.1) is 0 Å². The van der Waals surface area contributed by atoms with Crippen molar-refractivity contribution in [1.82, 2.24) is 14.7 Å². The number of nitrogens with two attached hydrogens (primary N) is 1. The van der Waals surface area contributed by atoms with Crippen LogP contribution in [-0.4, -0.2) is 68.1 Å². The lowest BCUT2D eigenvalue weighted by Crippen LogP contribution is -2.51. The zero-order valence-electron chi connectivity index (χ0n) is 15.1. The van der Waals surface area contributed by atoms with E-state index in [2.05, 4.69) is 60.8 Å². The van der Waals surface area contributed by atoms with E-state index in [9.17, 15) is 0 Å². The summed E-state index contributed by atoms with van der Waals surface area (Å²) in [5.74, 6) is 0.563. The largest absolute Gasteiger partial charge is 0.329 e. The number of hydrogen-bond acceptors (Lipinski definition) is 4. The number of nitrogens with zero attached hydrogens (tertiary/aromatic N) is 3. The number of hydrogen-bond donors (Lipinski definition) is 1. The van der Waals surface area contributed by atoms with Crippen molar-refractivity contribution in [3.8, 4) is 0 Å². The maximum Gasteiger partial charge on any atom is 0.0479 e. The zero-order valence-corrected chi connectivity index (χ0v) is 15.1. The molecule has 2 atom stereocenters. The molecule has 1 fully saturated rings. The van der Waals surface area contributed by atoms with Crippen LogP contribution in [0.2, 0.25) is 0 Å². The molecule has 0 spiro atoms. The fourth-order valence-corrected chi connectivity index (χ4v) is 4.03. The van der Waals surface area contributed by atoms with Crippen molar-refractivity contribution in [2.75, 3.05) is 53.4 Å². The molecule has 1 aromatic rings. The third-order valence-electron chi connectivity index (χ3n) is 5.69. The van der Waals surface area contributed by atoms with Crippen LogP contribution in [-0.2, 0) is 0 Å². The number of likely N-dealkylation sites (N-methyl/N-ethyl adjacent to an activating group) is 2. The van der Waals surface area contributed by atoms with Gasteiger partial charge in [-0.2, -0.15) is 0 Å². The molecule has 4 heteroatoms. The molecule has 128 valence electrons. The third kappa shape index (κ3) is 3.31. The highest BCUT2D eigenvalue weighted by molar-refractivity contribution is 5.40. The SMILES string of the molecule is CC(C)c1ccc2c(c1)C(CN)N(C)CC2N1CCN(C)CC1. The Morgan fingerprint density at radius 2 is 1.78 bits per heavy atom. The molecule has 0 radical (unpaired) electrons. The van der Waals surface area contributed by atoms with Crippen LogP contribution in [0.25, 0.3) is 0 Å². The van der Waals surface area contributed by atoms with Crippen LogP contribution in [0.4, 0.5) is 0 Å². The molecule has 0 aliphatic carbocycles. The van der Waals surface area contributed by atoms with Gasteiger partial charge >= 0.3 is 0 Å². The van der Waals surface area contributed by atoms with Crippen molar-refractivity contribution in [2.24, 2.45) is 5.73 Å². The van der Waals surface area contributed by atoms with Gasteiger partial charge in [0.2, 0.25) is 0 Å². The fourth-order valence-electron chi connectivity index (χ4n) is 4.03. The molecule has 0 saturated carbocycles. The minimum absolute atomic E-state index is 0.354. The van der Waals surface area contributed by atoms with Gasteiger partial charge in [0.1, 0.15) is 0 Å². The predicted molar refractivity (Wildman–Crippen MR) is 96.8 cm³/mol. The van der Waals surface area contributed by atoms with Crippen molar-refractivity contribution < 1.29 is 0 Å². The maximum absolute atomic E-state index is 6.11. The quantitative estimate of drug-likeness (QED) is 0.926. The molecule has 3 rings (SSSR count). The maximum atomic E-state index is 6.11. The minimum atomic E-state index is 0.354.